The first kappa shape index (κ1) is 23.0. The molecule has 1 unspecified atom stereocenters. The van der Waals surface area contributed by atoms with Crippen molar-refractivity contribution in [2.24, 2.45) is 0 Å². The van der Waals surface area contributed by atoms with Gasteiger partial charge in [-0.15, -0.1) is 0 Å². The van der Waals surface area contributed by atoms with Crippen LogP contribution in [0.5, 0.6) is 5.75 Å². The molecule has 182 valence electrons. The highest BCUT2D eigenvalue weighted by atomic mass is 32.2. The number of carbonyl (C=O) groups is 1. The van der Waals surface area contributed by atoms with Crippen molar-refractivity contribution in [2.75, 3.05) is 7.11 Å². The van der Waals surface area contributed by atoms with E-state index < -0.39 is 5.25 Å². The number of carbonyl (C=O) groups excluding carboxylic acids is 1. The van der Waals surface area contributed by atoms with E-state index in [0.29, 0.717) is 16.6 Å². The molecule has 1 aliphatic heterocycles. The lowest BCUT2D eigenvalue weighted by Gasteiger charge is -2.10. The van der Waals surface area contributed by atoms with E-state index >= 15 is 0 Å². The summed E-state index contributed by atoms with van der Waals surface area (Å²) in [4.78, 5) is 22.6. The van der Waals surface area contributed by atoms with Crippen LogP contribution in [0, 0.1) is 6.92 Å². The number of esters is 1. The summed E-state index contributed by atoms with van der Waals surface area (Å²) in [6.07, 6.45) is 1.82. The lowest BCUT2D eigenvalue weighted by Crippen LogP contribution is -2.11. The predicted molar refractivity (Wildman–Crippen MR) is 144 cm³/mol. The summed E-state index contributed by atoms with van der Waals surface area (Å²) in [5.41, 5.74) is 4.88. The fourth-order valence-corrected chi connectivity index (χ4v) is 5.13. The van der Waals surface area contributed by atoms with Crippen molar-refractivity contribution in [3.8, 4) is 22.7 Å². The number of thioether (sulfide) groups is 1. The first-order chi connectivity index (χ1) is 18.1. The molecule has 8 heteroatoms. The summed E-state index contributed by atoms with van der Waals surface area (Å²) in [5.74, 6) is 0.962. The minimum atomic E-state index is -0.564. The van der Waals surface area contributed by atoms with E-state index in [0.717, 1.165) is 39.3 Å². The number of ether oxygens (including phenoxy) is 2. The van der Waals surface area contributed by atoms with Crippen LogP contribution in [0.3, 0.4) is 0 Å². The van der Waals surface area contributed by atoms with Gasteiger partial charge in [0.2, 0.25) is 0 Å². The Morgan fingerprint density at radius 3 is 2.30 bits per heavy atom. The number of aromatic nitrogens is 4. The minimum absolute atomic E-state index is 0.341. The number of aryl methyl sites for hydroxylation is 1. The zero-order valence-electron chi connectivity index (χ0n) is 20.2. The van der Waals surface area contributed by atoms with Crippen LogP contribution in [0.4, 0.5) is 0 Å². The lowest BCUT2D eigenvalue weighted by atomic mass is 10.1. The maximum atomic E-state index is 12.8. The number of para-hydroxylation sites is 1. The highest BCUT2D eigenvalue weighted by Gasteiger charge is 2.31. The zero-order valence-corrected chi connectivity index (χ0v) is 21.0. The maximum absolute atomic E-state index is 12.8. The summed E-state index contributed by atoms with van der Waals surface area (Å²) < 4.78 is 12.7. The molecule has 0 N–H and O–H groups in total. The molecule has 0 aliphatic carbocycles. The molecule has 0 saturated carbocycles. The van der Waals surface area contributed by atoms with Gasteiger partial charge in [0, 0.05) is 11.1 Å². The third kappa shape index (κ3) is 4.36. The van der Waals surface area contributed by atoms with Gasteiger partial charge in [-0.05, 0) is 49.4 Å². The summed E-state index contributed by atoms with van der Waals surface area (Å²) in [6, 6.07) is 27.2. The fraction of sp³-hybridized carbons (Fsp3) is 0.103. The van der Waals surface area contributed by atoms with Crippen LogP contribution in [0.2, 0.25) is 0 Å². The van der Waals surface area contributed by atoms with Crippen LogP contribution in [-0.2, 0) is 9.53 Å². The minimum Gasteiger partial charge on any atom is -0.497 e. The van der Waals surface area contributed by atoms with Crippen LogP contribution in [0.15, 0.2) is 96.2 Å². The van der Waals surface area contributed by atoms with Gasteiger partial charge in [-0.2, -0.15) is 5.10 Å². The van der Waals surface area contributed by atoms with Crippen LogP contribution in [0.1, 0.15) is 11.3 Å². The third-order valence-corrected chi connectivity index (χ3v) is 7.06. The molecular formula is C29H22N4O3S. The van der Waals surface area contributed by atoms with Gasteiger partial charge >= 0.3 is 5.97 Å². The van der Waals surface area contributed by atoms with E-state index in [1.54, 1.807) is 7.11 Å². The van der Waals surface area contributed by atoms with Gasteiger partial charge in [0.1, 0.15) is 16.8 Å². The monoisotopic (exact) mass is 506 g/mol. The quantitative estimate of drug-likeness (QED) is 0.211. The van der Waals surface area contributed by atoms with Crippen molar-refractivity contribution in [1.82, 2.24) is 19.7 Å². The number of hydrogen-bond donors (Lipinski definition) is 0. The Balaban J connectivity index is 1.48. The number of benzene rings is 3. The summed E-state index contributed by atoms with van der Waals surface area (Å²) >= 11 is 1.26. The highest BCUT2D eigenvalue weighted by Crippen LogP contribution is 2.36. The summed E-state index contributed by atoms with van der Waals surface area (Å²) in [6.45, 7) is 1.95. The van der Waals surface area contributed by atoms with Crippen molar-refractivity contribution in [2.45, 2.75) is 17.3 Å². The number of nitrogens with zero attached hydrogens (tertiary/aromatic N) is 4. The van der Waals surface area contributed by atoms with Crippen molar-refractivity contribution in [1.29, 1.82) is 0 Å². The first-order valence-electron chi connectivity index (χ1n) is 11.7. The van der Waals surface area contributed by atoms with Crippen LogP contribution in [0.25, 0.3) is 33.7 Å². The van der Waals surface area contributed by atoms with Crippen molar-refractivity contribution < 1.29 is 14.3 Å². The average molecular weight is 507 g/mol. The molecule has 0 spiro atoms. The molecule has 0 amide bonds. The molecule has 0 fully saturated rings. The van der Waals surface area contributed by atoms with Crippen molar-refractivity contribution >= 4 is 34.5 Å². The summed E-state index contributed by atoms with van der Waals surface area (Å²) in [5, 5.41) is 5.55. The number of hydrogen-bond acceptors (Lipinski definition) is 7. The molecule has 3 heterocycles. The van der Waals surface area contributed by atoms with Gasteiger partial charge in [0.05, 0.1) is 29.6 Å². The third-order valence-electron chi connectivity index (χ3n) is 6.08. The van der Waals surface area contributed by atoms with Crippen molar-refractivity contribution in [3.05, 3.63) is 102 Å². The molecule has 37 heavy (non-hydrogen) atoms. The van der Waals surface area contributed by atoms with Crippen LogP contribution < -0.4 is 4.74 Å². The molecule has 5 aromatic rings. The Morgan fingerprint density at radius 2 is 1.59 bits per heavy atom. The van der Waals surface area contributed by atoms with Crippen molar-refractivity contribution in [3.63, 3.8) is 0 Å². The second-order valence-corrected chi connectivity index (χ2v) is 9.58. The topological polar surface area (TPSA) is 79.1 Å². The molecule has 0 bridgehead atoms. The molecule has 6 rings (SSSR count). The molecule has 3 aromatic carbocycles. The van der Waals surface area contributed by atoms with E-state index in [1.807, 2.05) is 103 Å². The van der Waals surface area contributed by atoms with Gasteiger partial charge in [0.15, 0.2) is 10.8 Å². The average Bonchev–Trinajstić information content (AvgIpc) is 3.48. The smallest absolute Gasteiger partial charge is 0.329 e. The first-order valence-corrected chi connectivity index (χ1v) is 12.6. The molecule has 0 radical (unpaired) electrons. The van der Waals surface area contributed by atoms with E-state index in [-0.39, 0.29) is 5.97 Å². The highest BCUT2D eigenvalue weighted by molar-refractivity contribution is 8.00. The number of cyclic esters (lactones) is 1. The zero-order chi connectivity index (χ0) is 25.4. The predicted octanol–water partition coefficient (Wildman–Crippen LogP) is 5.86. The summed E-state index contributed by atoms with van der Waals surface area (Å²) in [7, 11) is 1.64. The van der Waals surface area contributed by atoms with Gasteiger partial charge < -0.3 is 9.47 Å². The SMILES string of the molecule is COc1ccc(-c2nc(SC3C=C(c4ccccc4)OC3=O)nc3c2c(C)nn3-c2ccccc2)cc1. The molecule has 7 nitrogen and oxygen atoms in total. The standard InChI is InChI=1S/C29H22N4O3S/c1-18-25-26(20-13-15-22(35-2)16-14-20)30-29(31-27(25)33(32-18)21-11-7-4-8-12-21)37-24-17-23(36-28(24)34)19-9-5-3-6-10-19/h3-17,24H,1-2H3. The Morgan fingerprint density at radius 1 is 0.892 bits per heavy atom. The lowest BCUT2D eigenvalue weighted by molar-refractivity contribution is -0.133. The Labute approximate surface area is 217 Å². The Hall–Kier alpha value is -4.43. The largest absolute Gasteiger partial charge is 0.497 e. The van der Waals surface area contributed by atoms with Crippen LogP contribution >= 0.6 is 11.8 Å². The Kier molecular flexibility index (Phi) is 5.94. The van der Waals surface area contributed by atoms with Gasteiger partial charge in [-0.3, -0.25) is 4.79 Å². The molecule has 0 saturated heterocycles. The second kappa shape index (κ2) is 9.55. The molecule has 1 aliphatic rings. The molecule has 1 atom stereocenters. The van der Waals surface area contributed by atoms with Gasteiger partial charge in [-0.25, -0.2) is 14.6 Å². The van der Waals surface area contributed by atoms with E-state index in [9.17, 15) is 4.79 Å². The van der Waals surface area contributed by atoms with Gasteiger partial charge in [0.25, 0.3) is 0 Å². The molecular weight excluding hydrogens is 484 g/mol. The number of methoxy groups -OCH3 is 1. The van der Waals surface area contributed by atoms with E-state index in [4.69, 9.17) is 24.5 Å². The normalized spacial score (nSPS) is 15.0. The Bertz CT molecular complexity index is 1630. The number of fused-ring (bicyclic) bond motifs is 1. The number of rotatable bonds is 6. The van der Waals surface area contributed by atoms with E-state index in [2.05, 4.69) is 0 Å². The van der Waals surface area contributed by atoms with Gasteiger partial charge in [-0.1, -0.05) is 60.3 Å². The van der Waals surface area contributed by atoms with Crippen LogP contribution in [-0.4, -0.2) is 38.1 Å². The second-order valence-electron chi connectivity index (χ2n) is 8.47. The maximum Gasteiger partial charge on any atom is 0.329 e. The fourth-order valence-electron chi connectivity index (χ4n) is 4.28. The molecule has 2 aromatic heterocycles. The van der Waals surface area contributed by atoms with E-state index in [1.165, 1.54) is 11.8 Å².